The summed E-state index contributed by atoms with van der Waals surface area (Å²) >= 11 is 3.57. The van der Waals surface area contributed by atoms with Crippen LogP contribution in [0.15, 0.2) is 22.7 Å². The molecule has 0 fully saturated rings. The summed E-state index contributed by atoms with van der Waals surface area (Å²) in [5, 5.41) is 4.75. The Hall–Kier alpha value is -0.800. The van der Waals surface area contributed by atoms with Gasteiger partial charge in [-0.15, -0.1) is 0 Å². The number of hydrogen-bond acceptors (Lipinski definition) is 1. The van der Waals surface area contributed by atoms with Crippen molar-refractivity contribution >= 4 is 26.8 Å². The number of hydrogen-bond donors (Lipinski definition) is 2. The van der Waals surface area contributed by atoms with Crippen LogP contribution in [0, 0.1) is 0 Å². The van der Waals surface area contributed by atoms with Gasteiger partial charge >= 0.3 is 0 Å². The minimum absolute atomic E-state index is 0.992. The highest BCUT2D eigenvalue weighted by atomic mass is 79.9. The molecule has 0 unspecified atom stereocenters. The molecule has 1 aromatic heterocycles. The number of rotatable bonds is 0. The summed E-state index contributed by atoms with van der Waals surface area (Å²) in [6, 6.07) is 6.36. The normalized spacial score (nSPS) is 15.8. The fraction of sp³-hybridized carbons (Fsp3) is 0.273. The van der Waals surface area contributed by atoms with E-state index in [0.717, 1.165) is 24.0 Å². The van der Waals surface area contributed by atoms with Crippen molar-refractivity contribution < 1.29 is 0 Å². The number of aromatic nitrogens is 1. The van der Waals surface area contributed by atoms with Gasteiger partial charge in [0.25, 0.3) is 0 Å². The van der Waals surface area contributed by atoms with E-state index in [9.17, 15) is 0 Å². The summed E-state index contributed by atoms with van der Waals surface area (Å²) in [6.07, 6.45) is 1.11. The highest BCUT2D eigenvalue weighted by molar-refractivity contribution is 9.10. The zero-order valence-corrected chi connectivity index (χ0v) is 9.32. The first-order valence-electron chi connectivity index (χ1n) is 4.85. The van der Waals surface area contributed by atoms with Gasteiger partial charge in [0, 0.05) is 35.1 Å². The standard InChI is InChI=1S/C11H11BrN2/c12-9-3-1-2-7-8-6-13-5-4-10(8)14-11(7)9/h1-3,13-14H,4-6H2. The third-order valence-corrected chi connectivity index (χ3v) is 3.49. The molecule has 2 nitrogen and oxygen atoms in total. The van der Waals surface area contributed by atoms with E-state index in [0.29, 0.717) is 0 Å². The lowest BCUT2D eigenvalue weighted by atomic mass is 10.1. The summed E-state index contributed by atoms with van der Waals surface area (Å²) in [5.74, 6) is 0. The molecule has 0 radical (unpaired) electrons. The van der Waals surface area contributed by atoms with E-state index in [1.54, 1.807) is 0 Å². The van der Waals surface area contributed by atoms with Crippen LogP contribution in [0.5, 0.6) is 0 Å². The topological polar surface area (TPSA) is 27.8 Å². The lowest BCUT2D eigenvalue weighted by Gasteiger charge is -2.12. The van der Waals surface area contributed by atoms with Crippen LogP contribution < -0.4 is 5.32 Å². The Morgan fingerprint density at radius 3 is 3.14 bits per heavy atom. The first-order chi connectivity index (χ1) is 6.86. The molecule has 0 bridgehead atoms. The van der Waals surface area contributed by atoms with E-state index in [1.165, 1.54) is 22.2 Å². The summed E-state index contributed by atoms with van der Waals surface area (Å²) < 4.78 is 1.16. The molecule has 2 N–H and O–H groups in total. The maximum absolute atomic E-state index is 3.57. The van der Waals surface area contributed by atoms with Crippen LogP contribution in [0.2, 0.25) is 0 Å². The van der Waals surface area contributed by atoms with E-state index >= 15 is 0 Å². The molecule has 2 heterocycles. The lowest BCUT2D eigenvalue weighted by molar-refractivity contribution is 0.641. The van der Waals surface area contributed by atoms with Gasteiger partial charge in [-0.2, -0.15) is 0 Å². The van der Waals surface area contributed by atoms with Crippen molar-refractivity contribution in [2.45, 2.75) is 13.0 Å². The zero-order chi connectivity index (χ0) is 9.54. The number of nitrogens with one attached hydrogen (secondary N) is 2. The summed E-state index contributed by atoms with van der Waals surface area (Å²) in [7, 11) is 0. The van der Waals surface area contributed by atoms with Crippen LogP contribution in [0.25, 0.3) is 10.9 Å². The zero-order valence-electron chi connectivity index (χ0n) is 7.73. The third-order valence-electron chi connectivity index (χ3n) is 2.83. The van der Waals surface area contributed by atoms with E-state index in [2.05, 4.69) is 44.4 Å². The van der Waals surface area contributed by atoms with Crippen LogP contribution >= 0.6 is 15.9 Å². The molecular weight excluding hydrogens is 240 g/mol. The molecule has 0 saturated heterocycles. The summed E-state index contributed by atoms with van der Waals surface area (Å²) in [5.41, 5.74) is 4.07. The first kappa shape index (κ1) is 8.50. The van der Waals surface area contributed by atoms with Gasteiger partial charge in [-0.1, -0.05) is 12.1 Å². The largest absolute Gasteiger partial charge is 0.357 e. The summed E-state index contributed by atoms with van der Waals surface area (Å²) in [4.78, 5) is 3.50. The van der Waals surface area contributed by atoms with Crippen LogP contribution in [0.3, 0.4) is 0 Å². The Kier molecular flexibility index (Phi) is 1.89. The van der Waals surface area contributed by atoms with Gasteiger partial charge in [0.1, 0.15) is 0 Å². The number of H-pyrrole nitrogens is 1. The van der Waals surface area contributed by atoms with Crippen molar-refractivity contribution in [2.24, 2.45) is 0 Å². The summed E-state index contributed by atoms with van der Waals surface area (Å²) in [6.45, 7) is 2.07. The van der Waals surface area contributed by atoms with E-state index in [4.69, 9.17) is 0 Å². The molecule has 3 heteroatoms. The Balaban J connectivity index is 2.36. The van der Waals surface area contributed by atoms with Gasteiger partial charge < -0.3 is 10.3 Å². The molecule has 1 aromatic carbocycles. The molecule has 1 aliphatic heterocycles. The highest BCUT2D eigenvalue weighted by Gasteiger charge is 2.15. The predicted octanol–water partition coefficient (Wildman–Crippen LogP) is 2.58. The molecule has 0 amide bonds. The molecule has 1 aliphatic rings. The van der Waals surface area contributed by atoms with E-state index in [-0.39, 0.29) is 0 Å². The monoisotopic (exact) mass is 250 g/mol. The van der Waals surface area contributed by atoms with Crippen molar-refractivity contribution in [3.05, 3.63) is 33.9 Å². The van der Waals surface area contributed by atoms with Crippen molar-refractivity contribution in [3.8, 4) is 0 Å². The second-order valence-electron chi connectivity index (χ2n) is 3.67. The Morgan fingerprint density at radius 2 is 2.21 bits per heavy atom. The molecule has 0 atom stereocenters. The number of para-hydroxylation sites is 1. The Bertz CT molecular complexity index is 487. The van der Waals surface area contributed by atoms with Gasteiger partial charge in [0.15, 0.2) is 0 Å². The van der Waals surface area contributed by atoms with Gasteiger partial charge in [-0.3, -0.25) is 0 Å². The quantitative estimate of drug-likeness (QED) is 0.740. The minimum Gasteiger partial charge on any atom is -0.357 e. The number of fused-ring (bicyclic) bond motifs is 3. The molecule has 3 rings (SSSR count). The fourth-order valence-electron chi connectivity index (χ4n) is 2.13. The van der Waals surface area contributed by atoms with Crippen LogP contribution in [-0.4, -0.2) is 11.5 Å². The molecule has 0 spiro atoms. The van der Waals surface area contributed by atoms with E-state index in [1.807, 2.05) is 0 Å². The van der Waals surface area contributed by atoms with Crippen molar-refractivity contribution in [3.63, 3.8) is 0 Å². The molecule has 2 aromatic rings. The molecule has 0 aliphatic carbocycles. The van der Waals surface area contributed by atoms with Crippen molar-refractivity contribution in [1.82, 2.24) is 10.3 Å². The van der Waals surface area contributed by atoms with Crippen molar-refractivity contribution in [2.75, 3.05) is 6.54 Å². The van der Waals surface area contributed by atoms with E-state index < -0.39 is 0 Å². The van der Waals surface area contributed by atoms with Crippen LogP contribution in [-0.2, 0) is 13.0 Å². The molecule has 0 saturated carbocycles. The average molecular weight is 251 g/mol. The van der Waals surface area contributed by atoms with Crippen LogP contribution in [0.1, 0.15) is 11.3 Å². The second kappa shape index (κ2) is 3.11. The smallest absolute Gasteiger partial charge is 0.0603 e. The highest BCUT2D eigenvalue weighted by Crippen LogP contribution is 2.29. The van der Waals surface area contributed by atoms with Crippen LogP contribution in [0.4, 0.5) is 0 Å². The van der Waals surface area contributed by atoms with Crippen molar-refractivity contribution in [1.29, 1.82) is 0 Å². The minimum atomic E-state index is 0.992. The first-order valence-corrected chi connectivity index (χ1v) is 5.64. The van der Waals surface area contributed by atoms with Gasteiger partial charge in [-0.25, -0.2) is 0 Å². The van der Waals surface area contributed by atoms with Gasteiger partial charge in [0.05, 0.1) is 5.52 Å². The Morgan fingerprint density at radius 1 is 1.29 bits per heavy atom. The predicted molar refractivity (Wildman–Crippen MR) is 61.4 cm³/mol. The SMILES string of the molecule is Brc1cccc2c3c([nH]c12)CCNC3. The maximum atomic E-state index is 3.57. The number of aromatic amines is 1. The maximum Gasteiger partial charge on any atom is 0.0603 e. The number of halogens is 1. The van der Waals surface area contributed by atoms with Gasteiger partial charge in [-0.05, 0) is 27.6 Å². The molecule has 14 heavy (non-hydrogen) atoms. The average Bonchev–Trinajstić information content (AvgIpc) is 2.59. The fourth-order valence-corrected chi connectivity index (χ4v) is 2.60. The third kappa shape index (κ3) is 1.12. The Labute approximate surface area is 90.8 Å². The molecular formula is C11H11BrN2. The second-order valence-corrected chi connectivity index (χ2v) is 4.53. The lowest BCUT2D eigenvalue weighted by Crippen LogP contribution is -2.22. The number of benzene rings is 1. The van der Waals surface area contributed by atoms with Gasteiger partial charge in [0.2, 0.25) is 0 Å². The molecule has 72 valence electrons.